The van der Waals surface area contributed by atoms with Gasteiger partial charge in [-0.05, 0) is 11.8 Å². The first-order chi connectivity index (χ1) is 7.05. The normalized spacial score (nSPS) is 11.4. The van der Waals surface area contributed by atoms with Gasteiger partial charge in [0.05, 0.1) is 0 Å². The number of hydrogen-bond donors (Lipinski definition) is 2. The van der Waals surface area contributed by atoms with E-state index < -0.39 is 0 Å². The Morgan fingerprint density at radius 3 is 2.93 bits per heavy atom. The van der Waals surface area contributed by atoms with Gasteiger partial charge in [-0.2, -0.15) is 0 Å². The fourth-order valence-corrected chi connectivity index (χ4v) is 1.13. The SMILES string of the molecule is CC(C)(CCO)CNC(=O)c1ccon1. The predicted octanol–water partition coefficient (Wildman–Crippen LogP) is 0.813. The number of carbonyl (C=O) groups excluding carboxylic acids is 1. The topological polar surface area (TPSA) is 75.4 Å². The van der Waals surface area contributed by atoms with E-state index in [0.717, 1.165) is 0 Å². The van der Waals surface area contributed by atoms with E-state index in [1.165, 1.54) is 12.3 Å². The molecule has 0 aliphatic rings. The van der Waals surface area contributed by atoms with Crippen LogP contribution in [0.25, 0.3) is 0 Å². The fourth-order valence-electron chi connectivity index (χ4n) is 1.13. The maximum atomic E-state index is 11.5. The van der Waals surface area contributed by atoms with Crippen molar-refractivity contribution in [3.05, 3.63) is 18.0 Å². The number of aromatic nitrogens is 1. The molecule has 0 saturated carbocycles. The van der Waals surface area contributed by atoms with Gasteiger partial charge in [-0.1, -0.05) is 19.0 Å². The Morgan fingerprint density at radius 1 is 1.67 bits per heavy atom. The Balaban J connectivity index is 2.40. The quantitative estimate of drug-likeness (QED) is 0.757. The van der Waals surface area contributed by atoms with Crippen molar-refractivity contribution < 1.29 is 14.4 Å². The summed E-state index contributed by atoms with van der Waals surface area (Å²) in [6.07, 6.45) is 2.00. The van der Waals surface area contributed by atoms with Crippen molar-refractivity contribution in [3.63, 3.8) is 0 Å². The van der Waals surface area contributed by atoms with Gasteiger partial charge in [0.15, 0.2) is 5.69 Å². The van der Waals surface area contributed by atoms with Crippen molar-refractivity contribution in [2.24, 2.45) is 5.41 Å². The second kappa shape index (κ2) is 4.93. The summed E-state index contributed by atoms with van der Waals surface area (Å²) < 4.78 is 4.56. The number of rotatable bonds is 5. The molecule has 0 fully saturated rings. The van der Waals surface area contributed by atoms with E-state index >= 15 is 0 Å². The van der Waals surface area contributed by atoms with Crippen LogP contribution in [0.4, 0.5) is 0 Å². The lowest BCUT2D eigenvalue weighted by Gasteiger charge is -2.23. The molecule has 0 aliphatic heterocycles. The number of hydrogen-bond acceptors (Lipinski definition) is 4. The highest BCUT2D eigenvalue weighted by Crippen LogP contribution is 2.17. The molecule has 0 unspecified atom stereocenters. The first-order valence-corrected chi connectivity index (χ1v) is 4.84. The van der Waals surface area contributed by atoms with Crippen LogP contribution in [0.2, 0.25) is 0 Å². The van der Waals surface area contributed by atoms with Crippen molar-refractivity contribution in [1.82, 2.24) is 10.5 Å². The molecular weight excluding hydrogens is 196 g/mol. The average molecular weight is 212 g/mol. The van der Waals surface area contributed by atoms with Crippen LogP contribution in [0.1, 0.15) is 30.8 Å². The number of aliphatic hydroxyl groups is 1. The number of nitrogens with one attached hydrogen (secondary N) is 1. The van der Waals surface area contributed by atoms with Gasteiger partial charge in [-0.15, -0.1) is 0 Å². The first-order valence-electron chi connectivity index (χ1n) is 4.84. The average Bonchev–Trinajstić information content (AvgIpc) is 2.67. The summed E-state index contributed by atoms with van der Waals surface area (Å²) in [5.41, 5.74) is 0.156. The zero-order valence-corrected chi connectivity index (χ0v) is 8.99. The molecule has 0 aliphatic carbocycles. The summed E-state index contributed by atoms with van der Waals surface area (Å²) in [4.78, 5) is 11.5. The summed E-state index contributed by atoms with van der Waals surface area (Å²) in [6.45, 7) is 4.57. The van der Waals surface area contributed by atoms with Crippen LogP contribution in [0, 0.1) is 5.41 Å². The molecule has 2 N–H and O–H groups in total. The van der Waals surface area contributed by atoms with Crippen LogP contribution in [0.5, 0.6) is 0 Å². The monoisotopic (exact) mass is 212 g/mol. The summed E-state index contributed by atoms with van der Waals surface area (Å²) in [6, 6.07) is 1.51. The summed E-state index contributed by atoms with van der Waals surface area (Å²) in [7, 11) is 0. The third-order valence-corrected chi connectivity index (χ3v) is 2.19. The Labute approximate surface area is 88.5 Å². The molecule has 0 spiro atoms. The van der Waals surface area contributed by atoms with Gasteiger partial charge in [0, 0.05) is 19.2 Å². The summed E-state index contributed by atoms with van der Waals surface area (Å²) in [5.74, 6) is -0.255. The van der Waals surface area contributed by atoms with Crippen molar-refractivity contribution in [2.75, 3.05) is 13.2 Å². The molecular formula is C10H16N2O3. The fraction of sp³-hybridized carbons (Fsp3) is 0.600. The third kappa shape index (κ3) is 3.71. The molecule has 0 atom stereocenters. The molecule has 0 bridgehead atoms. The Bertz CT molecular complexity index is 306. The van der Waals surface area contributed by atoms with E-state index in [2.05, 4.69) is 15.0 Å². The zero-order valence-electron chi connectivity index (χ0n) is 8.99. The van der Waals surface area contributed by atoms with Crippen LogP contribution >= 0.6 is 0 Å². The van der Waals surface area contributed by atoms with Crippen molar-refractivity contribution >= 4 is 5.91 Å². The Hall–Kier alpha value is -1.36. The molecule has 1 aromatic rings. The van der Waals surface area contributed by atoms with Gasteiger partial charge >= 0.3 is 0 Å². The lowest BCUT2D eigenvalue weighted by molar-refractivity contribution is 0.0919. The minimum absolute atomic E-state index is 0.117. The van der Waals surface area contributed by atoms with Crippen LogP contribution in [-0.4, -0.2) is 29.3 Å². The van der Waals surface area contributed by atoms with Gasteiger partial charge in [-0.3, -0.25) is 4.79 Å². The van der Waals surface area contributed by atoms with Crippen LogP contribution in [0.15, 0.2) is 16.9 Å². The standard InChI is InChI=1S/C10H16N2O3/c1-10(2,4-5-13)7-11-9(14)8-3-6-15-12-8/h3,6,13H,4-5,7H2,1-2H3,(H,11,14). The largest absolute Gasteiger partial charge is 0.396 e. The van der Waals surface area contributed by atoms with Crippen LogP contribution in [0.3, 0.4) is 0 Å². The molecule has 5 nitrogen and oxygen atoms in total. The van der Waals surface area contributed by atoms with Crippen molar-refractivity contribution in [1.29, 1.82) is 0 Å². The Kier molecular flexibility index (Phi) is 3.85. The van der Waals surface area contributed by atoms with Crippen molar-refractivity contribution in [2.45, 2.75) is 20.3 Å². The molecule has 15 heavy (non-hydrogen) atoms. The smallest absolute Gasteiger partial charge is 0.273 e. The molecule has 1 aromatic heterocycles. The predicted molar refractivity (Wildman–Crippen MR) is 54.3 cm³/mol. The highest BCUT2D eigenvalue weighted by Gasteiger charge is 2.19. The molecule has 0 saturated heterocycles. The lowest BCUT2D eigenvalue weighted by atomic mass is 9.90. The maximum Gasteiger partial charge on any atom is 0.273 e. The van der Waals surface area contributed by atoms with Crippen molar-refractivity contribution in [3.8, 4) is 0 Å². The number of amides is 1. The maximum absolute atomic E-state index is 11.5. The second-order valence-electron chi connectivity index (χ2n) is 4.21. The van der Waals surface area contributed by atoms with E-state index in [1.807, 2.05) is 13.8 Å². The minimum Gasteiger partial charge on any atom is -0.396 e. The van der Waals surface area contributed by atoms with Gasteiger partial charge in [0.2, 0.25) is 0 Å². The highest BCUT2D eigenvalue weighted by molar-refractivity contribution is 5.91. The highest BCUT2D eigenvalue weighted by atomic mass is 16.5. The van der Waals surface area contributed by atoms with E-state index in [-0.39, 0.29) is 23.6 Å². The van der Waals surface area contributed by atoms with E-state index in [0.29, 0.717) is 13.0 Å². The molecule has 1 heterocycles. The van der Waals surface area contributed by atoms with Crippen LogP contribution < -0.4 is 5.32 Å². The summed E-state index contributed by atoms with van der Waals surface area (Å²) in [5, 5.41) is 15.1. The molecule has 1 amide bonds. The first kappa shape index (κ1) is 11.7. The van der Waals surface area contributed by atoms with E-state index in [1.54, 1.807) is 0 Å². The zero-order chi connectivity index (χ0) is 11.3. The summed E-state index contributed by atoms with van der Waals surface area (Å²) >= 11 is 0. The van der Waals surface area contributed by atoms with Crippen LogP contribution in [-0.2, 0) is 0 Å². The molecule has 1 rings (SSSR count). The van der Waals surface area contributed by atoms with Gasteiger partial charge in [-0.25, -0.2) is 0 Å². The second-order valence-corrected chi connectivity index (χ2v) is 4.21. The number of nitrogens with zero attached hydrogens (tertiary/aromatic N) is 1. The van der Waals surface area contributed by atoms with E-state index in [4.69, 9.17) is 5.11 Å². The van der Waals surface area contributed by atoms with Gasteiger partial charge < -0.3 is 14.9 Å². The minimum atomic E-state index is -0.255. The van der Waals surface area contributed by atoms with Gasteiger partial charge in [0.25, 0.3) is 5.91 Å². The lowest BCUT2D eigenvalue weighted by Crippen LogP contribution is -2.34. The van der Waals surface area contributed by atoms with Gasteiger partial charge in [0.1, 0.15) is 6.26 Å². The molecule has 0 radical (unpaired) electrons. The molecule has 5 heteroatoms. The van der Waals surface area contributed by atoms with E-state index in [9.17, 15) is 4.79 Å². The third-order valence-electron chi connectivity index (χ3n) is 2.19. The molecule has 0 aromatic carbocycles. The number of carbonyl (C=O) groups is 1. The molecule has 84 valence electrons. The Morgan fingerprint density at radius 2 is 2.40 bits per heavy atom. The number of aliphatic hydroxyl groups excluding tert-OH is 1.